The summed E-state index contributed by atoms with van der Waals surface area (Å²) in [6.07, 6.45) is 1.66. The number of rotatable bonds is 6. The van der Waals surface area contributed by atoms with E-state index in [1.807, 2.05) is 26.0 Å². The first-order valence-electron chi connectivity index (χ1n) is 8.06. The number of carbonyl (C=O) groups is 2. The number of esters is 1. The van der Waals surface area contributed by atoms with Gasteiger partial charge in [-0.2, -0.15) is 0 Å². The van der Waals surface area contributed by atoms with E-state index in [0.29, 0.717) is 23.3 Å². The molecule has 0 spiro atoms. The Bertz CT molecular complexity index is 745. The van der Waals surface area contributed by atoms with Gasteiger partial charge in [0.2, 0.25) is 0 Å². The number of aromatic hydroxyl groups is 1. The molecule has 0 aliphatic rings. The summed E-state index contributed by atoms with van der Waals surface area (Å²) in [7, 11) is 0. The minimum Gasteiger partial charge on any atom is -0.507 e. The van der Waals surface area contributed by atoms with E-state index in [1.54, 1.807) is 19.1 Å². The molecular formula is C20H22O4. The number of benzene rings is 2. The predicted octanol–water partition coefficient (Wildman–Crippen LogP) is 4.20. The smallest absolute Gasteiger partial charge is 0.342 e. The number of aryl methyl sites for hydroxylation is 1. The lowest BCUT2D eigenvalue weighted by Gasteiger charge is -2.12. The fraction of sp³-hybridized carbons (Fsp3) is 0.300. The average Bonchev–Trinajstić information content (AvgIpc) is 2.55. The Morgan fingerprint density at radius 2 is 1.71 bits per heavy atom. The highest BCUT2D eigenvalue weighted by Gasteiger charge is 2.21. The summed E-state index contributed by atoms with van der Waals surface area (Å²) >= 11 is 0. The molecule has 0 aliphatic heterocycles. The summed E-state index contributed by atoms with van der Waals surface area (Å²) in [4.78, 5) is 24.9. The van der Waals surface area contributed by atoms with Crippen molar-refractivity contribution in [2.75, 3.05) is 6.61 Å². The Hall–Kier alpha value is -2.62. The van der Waals surface area contributed by atoms with Crippen molar-refractivity contribution in [1.82, 2.24) is 0 Å². The quantitative estimate of drug-likeness (QED) is 0.491. The van der Waals surface area contributed by atoms with E-state index in [0.717, 1.165) is 18.4 Å². The van der Waals surface area contributed by atoms with Gasteiger partial charge in [-0.25, -0.2) is 4.79 Å². The van der Waals surface area contributed by atoms with E-state index < -0.39 is 5.97 Å². The maximum absolute atomic E-state index is 12.7. The van der Waals surface area contributed by atoms with E-state index >= 15 is 0 Å². The Labute approximate surface area is 142 Å². The van der Waals surface area contributed by atoms with Crippen molar-refractivity contribution in [3.8, 4) is 5.75 Å². The topological polar surface area (TPSA) is 63.6 Å². The van der Waals surface area contributed by atoms with Crippen LogP contribution in [0.3, 0.4) is 0 Å². The molecule has 2 aromatic carbocycles. The molecular weight excluding hydrogens is 304 g/mol. The molecule has 0 atom stereocenters. The van der Waals surface area contributed by atoms with Crippen molar-refractivity contribution >= 4 is 11.8 Å². The van der Waals surface area contributed by atoms with Crippen LogP contribution in [-0.2, 0) is 4.74 Å². The van der Waals surface area contributed by atoms with E-state index in [9.17, 15) is 14.7 Å². The molecule has 126 valence electrons. The van der Waals surface area contributed by atoms with Crippen molar-refractivity contribution in [2.24, 2.45) is 0 Å². The molecule has 1 N–H and O–H groups in total. The van der Waals surface area contributed by atoms with Gasteiger partial charge in [-0.15, -0.1) is 0 Å². The van der Waals surface area contributed by atoms with Crippen LogP contribution in [0.2, 0.25) is 0 Å². The molecule has 0 aliphatic carbocycles. The lowest BCUT2D eigenvalue weighted by molar-refractivity contribution is 0.0495. The van der Waals surface area contributed by atoms with E-state index in [4.69, 9.17) is 4.74 Å². The maximum atomic E-state index is 12.7. The van der Waals surface area contributed by atoms with Crippen LogP contribution in [0.15, 0.2) is 36.4 Å². The first kappa shape index (κ1) is 17.7. The summed E-state index contributed by atoms with van der Waals surface area (Å²) in [6.45, 7) is 5.89. The molecule has 24 heavy (non-hydrogen) atoms. The van der Waals surface area contributed by atoms with Crippen LogP contribution in [0, 0.1) is 13.8 Å². The highest BCUT2D eigenvalue weighted by atomic mass is 16.5. The standard InChI is InChI=1S/C20H22O4/c1-4-5-12-24-20(23)18-14(3)16(10-11-17(18)21)19(22)15-8-6-13(2)7-9-15/h6-11,21H,4-5,12H2,1-3H3. The SMILES string of the molecule is CCCCOC(=O)c1c(O)ccc(C(=O)c2ccc(C)cc2)c1C. The predicted molar refractivity (Wildman–Crippen MR) is 92.6 cm³/mol. The normalized spacial score (nSPS) is 10.5. The lowest BCUT2D eigenvalue weighted by atomic mass is 9.94. The van der Waals surface area contributed by atoms with E-state index in [2.05, 4.69) is 0 Å². The first-order valence-corrected chi connectivity index (χ1v) is 8.06. The summed E-state index contributed by atoms with van der Waals surface area (Å²) in [5.41, 5.74) is 2.49. The van der Waals surface area contributed by atoms with Gasteiger partial charge in [0.05, 0.1) is 6.61 Å². The van der Waals surface area contributed by atoms with Crippen LogP contribution < -0.4 is 0 Å². The largest absolute Gasteiger partial charge is 0.507 e. The molecule has 4 heteroatoms. The molecule has 2 aromatic rings. The molecule has 0 heterocycles. The van der Waals surface area contributed by atoms with Crippen molar-refractivity contribution < 1.29 is 19.4 Å². The molecule has 0 radical (unpaired) electrons. The Kier molecular flexibility index (Phi) is 5.74. The third-order valence-corrected chi connectivity index (χ3v) is 3.94. The Morgan fingerprint density at radius 3 is 2.33 bits per heavy atom. The number of hydrogen-bond acceptors (Lipinski definition) is 4. The Balaban J connectivity index is 2.35. The molecule has 0 saturated heterocycles. The zero-order valence-electron chi connectivity index (χ0n) is 14.3. The van der Waals surface area contributed by atoms with Gasteiger partial charge in [0.25, 0.3) is 0 Å². The van der Waals surface area contributed by atoms with Crippen LogP contribution in [0.4, 0.5) is 0 Å². The molecule has 0 bridgehead atoms. The Morgan fingerprint density at radius 1 is 1.04 bits per heavy atom. The molecule has 0 unspecified atom stereocenters. The van der Waals surface area contributed by atoms with Gasteiger partial charge in [-0.3, -0.25) is 4.79 Å². The van der Waals surface area contributed by atoms with Crippen molar-refractivity contribution in [2.45, 2.75) is 33.6 Å². The van der Waals surface area contributed by atoms with Gasteiger partial charge in [0.1, 0.15) is 11.3 Å². The van der Waals surface area contributed by atoms with Gasteiger partial charge in [0.15, 0.2) is 5.78 Å². The summed E-state index contributed by atoms with van der Waals surface area (Å²) < 4.78 is 5.18. The van der Waals surface area contributed by atoms with Gasteiger partial charge in [0, 0.05) is 11.1 Å². The van der Waals surface area contributed by atoms with Crippen molar-refractivity contribution in [1.29, 1.82) is 0 Å². The van der Waals surface area contributed by atoms with Crippen LogP contribution in [0.1, 0.15) is 57.2 Å². The average molecular weight is 326 g/mol. The summed E-state index contributed by atoms with van der Waals surface area (Å²) in [6, 6.07) is 10.1. The fourth-order valence-electron chi connectivity index (χ4n) is 2.44. The highest BCUT2D eigenvalue weighted by Crippen LogP contribution is 2.27. The molecule has 0 fully saturated rings. The fourth-order valence-corrected chi connectivity index (χ4v) is 2.44. The maximum Gasteiger partial charge on any atom is 0.342 e. The zero-order chi connectivity index (χ0) is 17.7. The molecule has 4 nitrogen and oxygen atoms in total. The second kappa shape index (κ2) is 7.77. The zero-order valence-corrected chi connectivity index (χ0v) is 14.3. The van der Waals surface area contributed by atoms with E-state index in [1.165, 1.54) is 12.1 Å². The third kappa shape index (κ3) is 3.82. The van der Waals surface area contributed by atoms with Crippen LogP contribution in [-0.4, -0.2) is 23.5 Å². The molecule has 0 amide bonds. The number of phenolic OH excluding ortho intramolecular Hbond substituents is 1. The first-order chi connectivity index (χ1) is 11.5. The second-order valence-electron chi connectivity index (χ2n) is 5.82. The van der Waals surface area contributed by atoms with Crippen LogP contribution in [0.25, 0.3) is 0 Å². The van der Waals surface area contributed by atoms with Gasteiger partial charge in [-0.05, 0) is 38.0 Å². The minimum atomic E-state index is -0.600. The summed E-state index contributed by atoms with van der Waals surface area (Å²) in [5.74, 6) is -0.957. The monoisotopic (exact) mass is 326 g/mol. The number of ketones is 1. The van der Waals surface area contributed by atoms with Gasteiger partial charge in [-0.1, -0.05) is 43.2 Å². The molecule has 0 saturated carbocycles. The number of hydrogen-bond donors (Lipinski definition) is 1. The van der Waals surface area contributed by atoms with Crippen LogP contribution in [0.5, 0.6) is 5.75 Å². The minimum absolute atomic E-state index is 0.0593. The van der Waals surface area contributed by atoms with Crippen molar-refractivity contribution in [3.05, 3.63) is 64.2 Å². The van der Waals surface area contributed by atoms with Gasteiger partial charge < -0.3 is 9.84 Å². The summed E-state index contributed by atoms with van der Waals surface area (Å²) in [5, 5.41) is 10.0. The molecule has 2 rings (SSSR count). The van der Waals surface area contributed by atoms with Gasteiger partial charge >= 0.3 is 5.97 Å². The second-order valence-corrected chi connectivity index (χ2v) is 5.82. The number of phenols is 1. The number of unbranched alkanes of at least 4 members (excludes halogenated alkanes) is 1. The number of ether oxygens (including phenoxy) is 1. The van der Waals surface area contributed by atoms with E-state index in [-0.39, 0.29) is 17.1 Å². The highest BCUT2D eigenvalue weighted by molar-refractivity contribution is 6.11. The molecule has 0 aromatic heterocycles. The number of carbonyl (C=O) groups excluding carboxylic acids is 2. The third-order valence-electron chi connectivity index (χ3n) is 3.94. The lowest BCUT2D eigenvalue weighted by Crippen LogP contribution is -2.12. The van der Waals surface area contributed by atoms with Crippen LogP contribution >= 0.6 is 0 Å². The van der Waals surface area contributed by atoms with Crippen molar-refractivity contribution in [3.63, 3.8) is 0 Å².